The van der Waals surface area contributed by atoms with Crippen LogP contribution in [0.2, 0.25) is 0 Å². The SMILES string of the molecule is O=C(CC1CCC(F)(F)CC1)Nc1ccc(F)c(N2CCOCC2)c1. The molecule has 1 saturated heterocycles. The molecule has 1 heterocycles. The van der Waals surface area contributed by atoms with Gasteiger partial charge in [0, 0.05) is 38.0 Å². The summed E-state index contributed by atoms with van der Waals surface area (Å²) >= 11 is 0. The van der Waals surface area contributed by atoms with Crippen molar-refractivity contribution in [3.63, 3.8) is 0 Å². The average molecular weight is 356 g/mol. The molecule has 0 atom stereocenters. The Hall–Kier alpha value is -1.76. The lowest BCUT2D eigenvalue weighted by Gasteiger charge is -2.29. The summed E-state index contributed by atoms with van der Waals surface area (Å²) in [7, 11) is 0. The summed E-state index contributed by atoms with van der Waals surface area (Å²) in [4.78, 5) is 14.1. The maximum Gasteiger partial charge on any atom is 0.248 e. The molecule has 1 aromatic rings. The first-order valence-electron chi connectivity index (χ1n) is 8.73. The number of alkyl halides is 2. The summed E-state index contributed by atoms with van der Waals surface area (Å²) in [5.74, 6) is -3.15. The lowest BCUT2D eigenvalue weighted by atomic mass is 9.84. The number of nitrogens with zero attached hydrogens (tertiary/aromatic N) is 1. The summed E-state index contributed by atoms with van der Waals surface area (Å²) < 4.78 is 45.7. The number of morpholine rings is 1. The van der Waals surface area contributed by atoms with E-state index < -0.39 is 5.92 Å². The van der Waals surface area contributed by atoms with E-state index in [-0.39, 0.29) is 36.9 Å². The Bertz CT molecular complexity index is 608. The first-order chi connectivity index (χ1) is 11.9. The zero-order valence-electron chi connectivity index (χ0n) is 14.1. The fourth-order valence-electron chi connectivity index (χ4n) is 3.42. The normalized spacial score (nSPS) is 21.2. The standard InChI is InChI=1S/C18H23F3N2O2/c19-15-2-1-14(12-16(15)23-7-9-25-10-8-23)22-17(24)11-13-3-5-18(20,21)6-4-13/h1-2,12-13H,3-11H2,(H,22,24). The van der Waals surface area contributed by atoms with Crippen molar-refractivity contribution in [2.45, 2.75) is 38.0 Å². The molecule has 25 heavy (non-hydrogen) atoms. The van der Waals surface area contributed by atoms with E-state index in [1.54, 1.807) is 6.07 Å². The van der Waals surface area contributed by atoms with Crippen LogP contribution in [-0.4, -0.2) is 38.1 Å². The van der Waals surface area contributed by atoms with E-state index >= 15 is 0 Å². The smallest absolute Gasteiger partial charge is 0.248 e. The molecule has 0 bridgehead atoms. The molecule has 0 spiro atoms. The number of benzene rings is 1. The first-order valence-corrected chi connectivity index (χ1v) is 8.73. The highest BCUT2D eigenvalue weighted by Crippen LogP contribution is 2.37. The molecule has 0 unspecified atom stereocenters. The Morgan fingerprint density at radius 1 is 1.24 bits per heavy atom. The molecule has 0 aromatic heterocycles. The van der Waals surface area contributed by atoms with Gasteiger partial charge in [-0.05, 0) is 37.0 Å². The van der Waals surface area contributed by atoms with E-state index in [9.17, 15) is 18.0 Å². The van der Waals surface area contributed by atoms with Crippen LogP contribution in [0.3, 0.4) is 0 Å². The van der Waals surface area contributed by atoms with Crippen LogP contribution in [0.5, 0.6) is 0 Å². The summed E-state index contributed by atoms with van der Waals surface area (Å²) in [5, 5.41) is 2.77. The number of rotatable bonds is 4. The van der Waals surface area contributed by atoms with Crippen LogP contribution in [0.25, 0.3) is 0 Å². The molecular weight excluding hydrogens is 333 g/mol. The summed E-state index contributed by atoms with van der Waals surface area (Å²) in [6, 6.07) is 4.47. The lowest BCUT2D eigenvalue weighted by Crippen LogP contribution is -2.36. The van der Waals surface area contributed by atoms with Gasteiger partial charge in [0.2, 0.25) is 11.8 Å². The maximum atomic E-state index is 14.1. The molecule has 2 fully saturated rings. The van der Waals surface area contributed by atoms with E-state index in [0.717, 1.165) is 0 Å². The molecule has 2 aliphatic rings. The van der Waals surface area contributed by atoms with E-state index in [1.165, 1.54) is 12.1 Å². The Morgan fingerprint density at radius 3 is 2.60 bits per heavy atom. The van der Waals surface area contributed by atoms with Gasteiger partial charge < -0.3 is 15.0 Å². The third-order valence-corrected chi connectivity index (χ3v) is 4.89. The van der Waals surface area contributed by atoms with Gasteiger partial charge in [-0.25, -0.2) is 13.2 Å². The monoisotopic (exact) mass is 356 g/mol. The van der Waals surface area contributed by atoms with Crippen molar-refractivity contribution in [3.8, 4) is 0 Å². The van der Waals surface area contributed by atoms with Gasteiger partial charge in [-0.3, -0.25) is 4.79 Å². The number of halogens is 3. The van der Waals surface area contributed by atoms with Crippen LogP contribution < -0.4 is 10.2 Å². The Labute approximate surface area is 145 Å². The molecule has 1 aliphatic heterocycles. The Kier molecular flexibility index (Phi) is 5.51. The van der Waals surface area contributed by atoms with Gasteiger partial charge in [0.1, 0.15) is 5.82 Å². The van der Waals surface area contributed by atoms with Crippen molar-refractivity contribution in [2.75, 3.05) is 36.5 Å². The van der Waals surface area contributed by atoms with Gasteiger partial charge >= 0.3 is 0 Å². The molecular formula is C18H23F3N2O2. The van der Waals surface area contributed by atoms with Crippen LogP contribution in [0.1, 0.15) is 32.1 Å². The van der Waals surface area contributed by atoms with Crippen molar-refractivity contribution in [1.82, 2.24) is 0 Å². The van der Waals surface area contributed by atoms with Crippen molar-refractivity contribution in [3.05, 3.63) is 24.0 Å². The minimum atomic E-state index is -2.59. The Morgan fingerprint density at radius 2 is 1.92 bits per heavy atom. The van der Waals surface area contributed by atoms with E-state index in [4.69, 9.17) is 4.74 Å². The second-order valence-corrected chi connectivity index (χ2v) is 6.82. The van der Waals surface area contributed by atoms with Gasteiger partial charge in [0.05, 0.1) is 18.9 Å². The fraction of sp³-hybridized carbons (Fsp3) is 0.611. The molecule has 0 radical (unpaired) electrons. The third-order valence-electron chi connectivity index (χ3n) is 4.89. The molecule has 1 aliphatic carbocycles. The molecule has 1 N–H and O–H groups in total. The number of amides is 1. The van der Waals surface area contributed by atoms with Crippen molar-refractivity contribution < 1.29 is 22.7 Å². The second-order valence-electron chi connectivity index (χ2n) is 6.82. The van der Waals surface area contributed by atoms with Gasteiger partial charge in [-0.2, -0.15) is 0 Å². The van der Waals surface area contributed by atoms with Crippen LogP contribution in [0.4, 0.5) is 24.5 Å². The first kappa shape index (κ1) is 18.0. The molecule has 138 valence electrons. The number of ether oxygens (including phenoxy) is 1. The summed E-state index contributed by atoms with van der Waals surface area (Å²) in [6.45, 7) is 2.29. The quantitative estimate of drug-likeness (QED) is 0.892. The molecule has 1 aromatic carbocycles. The minimum absolute atomic E-state index is 0.0150. The number of hydrogen-bond acceptors (Lipinski definition) is 3. The van der Waals surface area contributed by atoms with Crippen LogP contribution in [0, 0.1) is 11.7 Å². The lowest BCUT2D eigenvalue weighted by molar-refractivity contribution is -0.118. The number of carbonyl (C=O) groups is 1. The fourth-order valence-corrected chi connectivity index (χ4v) is 3.42. The topological polar surface area (TPSA) is 41.6 Å². The Balaban J connectivity index is 1.58. The predicted octanol–water partition coefficient (Wildman–Crippen LogP) is 3.82. The van der Waals surface area contributed by atoms with E-state index in [0.29, 0.717) is 50.5 Å². The largest absolute Gasteiger partial charge is 0.378 e. The summed E-state index contributed by atoms with van der Waals surface area (Å²) in [6.07, 6.45) is 0.650. The number of carbonyl (C=O) groups excluding carboxylic acids is 1. The van der Waals surface area contributed by atoms with E-state index in [2.05, 4.69) is 5.32 Å². The van der Waals surface area contributed by atoms with Crippen LogP contribution >= 0.6 is 0 Å². The third kappa shape index (κ3) is 4.87. The predicted molar refractivity (Wildman–Crippen MR) is 89.6 cm³/mol. The highest BCUT2D eigenvalue weighted by Gasteiger charge is 2.35. The zero-order valence-corrected chi connectivity index (χ0v) is 14.1. The molecule has 4 nitrogen and oxygen atoms in total. The van der Waals surface area contributed by atoms with Crippen LogP contribution in [0.15, 0.2) is 18.2 Å². The molecule has 1 saturated carbocycles. The zero-order chi connectivity index (χ0) is 17.9. The average Bonchev–Trinajstić information content (AvgIpc) is 2.59. The number of hydrogen-bond donors (Lipinski definition) is 1. The molecule has 7 heteroatoms. The number of anilines is 2. The second kappa shape index (κ2) is 7.64. The highest BCUT2D eigenvalue weighted by atomic mass is 19.3. The van der Waals surface area contributed by atoms with Crippen molar-refractivity contribution in [2.24, 2.45) is 5.92 Å². The van der Waals surface area contributed by atoms with E-state index in [1.807, 2.05) is 4.90 Å². The molecule has 1 amide bonds. The van der Waals surface area contributed by atoms with Crippen molar-refractivity contribution in [1.29, 1.82) is 0 Å². The van der Waals surface area contributed by atoms with Crippen molar-refractivity contribution >= 4 is 17.3 Å². The van der Waals surface area contributed by atoms with Gasteiger partial charge in [-0.1, -0.05) is 0 Å². The summed E-state index contributed by atoms with van der Waals surface area (Å²) in [5.41, 5.74) is 0.965. The maximum absolute atomic E-state index is 14.1. The van der Waals surface area contributed by atoms with Gasteiger partial charge in [0.15, 0.2) is 0 Å². The van der Waals surface area contributed by atoms with Crippen LogP contribution in [-0.2, 0) is 9.53 Å². The van der Waals surface area contributed by atoms with Gasteiger partial charge in [-0.15, -0.1) is 0 Å². The minimum Gasteiger partial charge on any atom is -0.378 e. The highest BCUT2D eigenvalue weighted by molar-refractivity contribution is 5.91. The number of nitrogens with one attached hydrogen (secondary N) is 1. The van der Waals surface area contributed by atoms with Gasteiger partial charge in [0.25, 0.3) is 0 Å². The molecule has 3 rings (SSSR count).